The predicted octanol–water partition coefficient (Wildman–Crippen LogP) is 4.17. The van der Waals surface area contributed by atoms with Crippen molar-refractivity contribution in [1.82, 2.24) is 0 Å². The van der Waals surface area contributed by atoms with Crippen molar-refractivity contribution in [2.75, 3.05) is 6.54 Å². The molecule has 0 spiro atoms. The summed E-state index contributed by atoms with van der Waals surface area (Å²) >= 11 is 28.0. The standard InChI is InChI=1S/C10H6Cl5NO4/c11-6-2-1-5(3-7(6)12)9(17)20-8(4-16(18)19)10(13,14)15/h1-3,8H,4H2/t8-/m1/s1. The van der Waals surface area contributed by atoms with Crippen LogP contribution in [0.2, 0.25) is 10.0 Å². The van der Waals surface area contributed by atoms with Crippen LogP contribution in [0.1, 0.15) is 10.4 Å². The van der Waals surface area contributed by atoms with E-state index in [1.165, 1.54) is 18.2 Å². The van der Waals surface area contributed by atoms with Crippen molar-refractivity contribution in [3.8, 4) is 0 Å². The Kier molecular flexibility index (Phi) is 6.16. The molecule has 1 aromatic rings. The number of halogens is 5. The number of carbonyl (C=O) groups excluding carboxylic acids is 1. The SMILES string of the molecule is O=C(O[C@H](C[N+](=O)[O-])C(Cl)(Cl)Cl)c1ccc(Cl)c(Cl)c1. The summed E-state index contributed by atoms with van der Waals surface area (Å²) in [6.07, 6.45) is -1.54. The Hall–Kier alpha value is -0.460. The largest absolute Gasteiger partial charge is 0.447 e. The normalized spacial score (nSPS) is 12.8. The first-order valence-electron chi connectivity index (χ1n) is 4.96. The minimum atomic E-state index is -2.13. The van der Waals surface area contributed by atoms with Gasteiger partial charge in [0.1, 0.15) is 0 Å². The Balaban J connectivity index is 2.90. The first-order valence-corrected chi connectivity index (χ1v) is 6.85. The van der Waals surface area contributed by atoms with Gasteiger partial charge in [-0.1, -0.05) is 58.0 Å². The van der Waals surface area contributed by atoms with Gasteiger partial charge in [-0.2, -0.15) is 0 Å². The van der Waals surface area contributed by atoms with E-state index in [9.17, 15) is 14.9 Å². The summed E-state index contributed by atoms with van der Waals surface area (Å²) in [6.45, 7) is -0.844. The molecule has 0 saturated heterocycles. The first-order chi connectivity index (χ1) is 9.11. The molecule has 0 amide bonds. The number of ether oxygens (including phenoxy) is 1. The number of nitro groups is 1. The lowest BCUT2D eigenvalue weighted by Gasteiger charge is -2.21. The fraction of sp³-hybridized carbons (Fsp3) is 0.300. The molecule has 1 rings (SSSR count). The number of esters is 1. The van der Waals surface area contributed by atoms with E-state index in [1.54, 1.807) is 0 Å². The van der Waals surface area contributed by atoms with Crippen LogP contribution in [0.4, 0.5) is 0 Å². The molecular formula is C10H6Cl5NO4. The van der Waals surface area contributed by atoms with E-state index in [1.807, 2.05) is 0 Å². The van der Waals surface area contributed by atoms with Crippen molar-refractivity contribution in [1.29, 1.82) is 0 Å². The maximum atomic E-state index is 11.8. The van der Waals surface area contributed by atoms with Gasteiger partial charge >= 0.3 is 5.97 Å². The molecule has 0 aliphatic heterocycles. The summed E-state index contributed by atoms with van der Waals surface area (Å²) in [4.78, 5) is 21.5. The number of hydrogen-bond acceptors (Lipinski definition) is 4. The van der Waals surface area contributed by atoms with Gasteiger partial charge in [-0.3, -0.25) is 10.1 Å². The molecule has 5 nitrogen and oxygen atoms in total. The van der Waals surface area contributed by atoms with Crippen LogP contribution in [0.3, 0.4) is 0 Å². The predicted molar refractivity (Wildman–Crippen MR) is 77.8 cm³/mol. The Morgan fingerprint density at radius 2 is 1.90 bits per heavy atom. The van der Waals surface area contributed by atoms with E-state index in [0.717, 1.165) is 0 Å². The zero-order valence-corrected chi connectivity index (χ0v) is 13.3. The lowest BCUT2D eigenvalue weighted by Crippen LogP contribution is -2.37. The van der Waals surface area contributed by atoms with Crippen LogP contribution in [0, 0.1) is 10.1 Å². The number of hydrogen-bond donors (Lipinski definition) is 0. The monoisotopic (exact) mass is 379 g/mol. The summed E-state index contributed by atoms with van der Waals surface area (Å²) in [5.41, 5.74) is 0.0296. The quantitative estimate of drug-likeness (QED) is 0.340. The molecule has 1 atom stereocenters. The number of nitrogens with zero attached hydrogens (tertiary/aromatic N) is 1. The van der Waals surface area contributed by atoms with Crippen molar-refractivity contribution >= 4 is 64.0 Å². The highest BCUT2D eigenvalue weighted by atomic mass is 35.6. The molecule has 110 valence electrons. The highest BCUT2D eigenvalue weighted by Crippen LogP contribution is 2.33. The summed E-state index contributed by atoms with van der Waals surface area (Å²) in [6, 6.07) is 3.95. The van der Waals surface area contributed by atoms with Crippen molar-refractivity contribution < 1.29 is 14.5 Å². The number of alkyl halides is 3. The maximum Gasteiger partial charge on any atom is 0.338 e. The van der Waals surface area contributed by atoms with Gasteiger partial charge in [0.15, 0.2) is 0 Å². The average Bonchev–Trinajstić information content (AvgIpc) is 2.30. The van der Waals surface area contributed by atoms with Gasteiger partial charge in [0.2, 0.25) is 16.4 Å². The van der Waals surface area contributed by atoms with Gasteiger partial charge in [-0.05, 0) is 18.2 Å². The van der Waals surface area contributed by atoms with Crippen LogP contribution < -0.4 is 0 Å². The zero-order chi connectivity index (χ0) is 15.5. The molecule has 0 unspecified atom stereocenters. The molecule has 0 aliphatic carbocycles. The molecule has 1 aromatic carbocycles. The lowest BCUT2D eigenvalue weighted by atomic mass is 10.2. The third-order valence-electron chi connectivity index (χ3n) is 2.08. The number of carbonyl (C=O) groups is 1. The molecule has 0 aliphatic rings. The Morgan fingerprint density at radius 1 is 1.30 bits per heavy atom. The van der Waals surface area contributed by atoms with Crippen LogP contribution in [-0.4, -0.2) is 27.3 Å². The second kappa shape index (κ2) is 7.00. The second-order valence-corrected chi connectivity index (χ2v) is 6.76. The van der Waals surface area contributed by atoms with Crippen molar-refractivity contribution in [3.63, 3.8) is 0 Å². The minimum absolute atomic E-state index is 0.0296. The van der Waals surface area contributed by atoms with Gasteiger partial charge in [-0.25, -0.2) is 4.79 Å². The summed E-state index contributed by atoms with van der Waals surface area (Å²) in [5.74, 6) is -0.915. The first kappa shape index (κ1) is 17.6. The fourth-order valence-corrected chi connectivity index (χ4v) is 1.80. The Bertz CT molecular complexity index is 531. The number of benzene rings is 1. The molecule has 0 aromatic heterocycles. The third kappa shape index (κ3) is 5.14. The van der Waals surface area contributed by atoms with E-state index < -0.39 is 27.3 Å². The molecule has 0 saturated carbocycles. The van der Waals surface area contributed by atoms with Gasteiger partial charge < -0.3 is 4.74 Å². The van der Waals surface area contributed by atoms with Crippen LogP contribution in [-0.2, 0) is 4.74 Å². The molecular weight excluding hydrogens is 375 g/mol. The molecule has 0 fully saturated rings. The fourth-order valence-electron chi connectivity index (χ4n) is 1.16. The van der Waals surface area contributed by atoms with Crippen molar-refractivity contribution in [3.05, 3.63) is 43.9 Å². The van der Waals surface area contributed by atoms with Crippen LogP contribution in [0.15, 0.2) is 18.2 Å². The van der Waals surface area contributed by atoms with Gasteiger partial charge in [-0.15, -0.1) is 0 Å². The van der Waals surface area contributed by atoms with E-state index in [0.29, 0.717) is 0 Å². The Morgan fingerprint density at radius 3 is 2.35 bits per heavy atom. The topological polar surface area (TPSA) is 69.4 Å². The molecule has 0 radical (unpaired) electrons. The van der Waals surface area contributed by atoms with Gasteiger partial charge in [0.25, 0.3) is 0 Å². The van der Waals surface area contributed by atoms with Gasteiger partial charge in [0, 0.05) is 4.92 Å². The van der Waals surface area contributed by atoms with Gasteiger partial charge in [0.05, 0.1) is 15.6 Å². The van der Waals surface area contributed by atoms with E-state index >= 15 is 0 Å². The van der Waals surface area contributed by atoms with Crippen LogP contribution in [0.5, 0.6) is 0 Å². The summed E-state index contributed by atoms with van der Waals surface area (Å²) < 4.78 is 2.70. The molecule has 0 heterocycles. The zero-order valence-electron chi connectivity index (χ0n) is 9.49. The van der Waals surface area contributed by atoms with E-state index in [-0.39, 0.29) is 15.6 Å². The molecule has 20 heavy (non-hydrogen) atoms. The number of rotatable bonds is 4. The van der Waals surface area contributed by atoms with Crippen molar-refractivity contribution in [2.45, 2.75) is 9.90 Å². The minimum Gasteiger partial charge on any atom is -0.447 e. The maximum absolute atomic E-state index is 11.8. The van der Waals surface area contributed by atoms with E-state index in [2.05, 4.69) is 0 Å². The highest BCUT2D eigenvalue weighted by Gasteiger charge is 2.40. The van der Waals surface area contributed by atoms with Crippen LogP contribution in [0.25, 0.3) is 0 Å². The molecule has 10 heteroatoms. The Labute approximate surface area is 138 Å². The summed E-state index contributed by atoms with van der Waals surface area (Å²) in [7, 11) is 0. The van der Waals surface area contributed by atoms with E-state index in [4.69, 9.17) is 62.7 Å². The highest BCUT2D eigenvalue weighted by molar-refractivity contribution is 6.68. The molecule has 0 N–H and O–H groups in total. The average molecular weight is 381 g/mol. The smallest absolute Gasteiger partial charge is 0.338 e. The van der Waals surface area contributed by atoms with Crippen molar-refractivity contribution in [2.24, 2.45) is 0 Å². The second-order valence-electron chi connectivity index (χ2n) is 3.58. The third-order valence-corrected chi connectivity index (χ3v) is 3.55. The summed E-state index contributed by atoms with van der Waals surface area (Å²) in [5, 5.41) is 10.8. The lowest BCUT2D eigenvalue weighted by molar-refractivity contribution is -0.489. The molecule has 0 bridgehead atoms. The van der Waals surface area contributed by atoms with Crippen LogP contribution >= 0.6 is 58.0 Å².